The van der Waals surface area contributed by atoms with E-state index in [1.807, 2.05) is 0 Å². The van der Waals surface area contributed by atoms with E-state index >= 15 is 0 Å². The van der Waals surface area contributed by atoms with Gasteiger partial charge in [0.1, 0.15) is 0 Å². The number of ether oxygens (including phenoxy) is 1. The summed E-state index contributed by atoms with van der Waals surface area (Å²) in [5, 5.41) is 9.12. The molecule has 4 N–H and O–H groups in total. The fourth-order valence-electron chi connectivity index (χ4n) is 1.95. The summed E-state index contributed by atoms with van der Waals surface area (Å²) in [4.78, 5) is 25.4. The molecule has 0 aliphatic carbocycles. The second kappa shape index (κ2) is 6.38. The van der Waals surface area contributed by atoms with Gasteiger partial charge in [-0.05, 0) is 6.92 Å². The molecule has 0 saturated carbocycles. The third-order valence-corrected chi connectivity index (χ3v) is 3.20. The predicted octanol–water partition coefficient (Wildman–Crippen LogP) is -0.721. The largest absolute Gasteiger partial charge is 0.395 e. The number of carbonyl (C=O) groups is 2. The van der Waals surface area contributed by atoms with Gasteiger partial charge in [0.15, 0.2) is 5.69 Å². The number of anilines is 1. The summed E-state index contributed by atoms with van der Waals surface area (Å²) in [6.45, 7) is 4.36. The van der Waals surface area contributed by atoms with E-state index in [-0.39, 0.29) is 30.5 Å². The van der Waals surface area contributed by atoms with Gasteiger partial charge in [0.25, 0.3) is 5.91 Å². The second-order valence-corrected chi connectivity index (χ2v) is 4.61. The number of hydrogen-bond acceptors (Lipinski definition) is 5. The number of nitrogen functional groups attached to an aromatic ring is 1. The maximum absolute atomic E-state index is 11.9. The molecule has 0 aromatic carbocycles. The smallest absolute Gasteiger partial charge is 0.273 e. The van der Waals surface area contributed by atoms with Crippen molar-refractivity contribution in [1.82, 2.24) is 20.4 Å². The molecule has 1 fully saturated rings. The molecule has 1 aliphatic heterocycles. The summed E-state index contributed by atoms with van der Waals surface area (Å²) in [5.41, 5.74) is 6.86. The van der Waals surface area contributed by atoms with Crippen molar-refractivity contribution < 1.29 is 14.3 Å². The Hall–Kier alpha value is -2.09. The topological polar surface area (TPSA) is 113 Å². The molecule has 2 rings (SSSR count). The van der Waals surface area contributed by atoms with Crippen LogP contribution < -0.4 is 11.1 Å². The van der Waals surface area contributed by atoms with Crippen LogP contribution in [0.15, 0.2) is 0 Å². The van der Waals surface area contributed by atoms with Crippen LogP contribution in [-0.2, 0) is 9.53 Å². The first-order chi connectivity index (χ1) is 9.59. The summed E-state index contributed by atoms with van der Waals surface area (Å²) in [6.07, 6.45) is 0.259. The van der Waals surface area contributed by atoms with Crippen molar-refractivity contribution in [2.24, 2.45) is 0 Å². The molecule has 8 nitrogen and oxygen atoms in total. The zero-order valence-corrected chi connectivity index (χ0v) is 11.4. The normalized spacial score (nSPS) is 15.2. The minimum absolute atomic E-state index is 0.0137. The maximum atomic E-state index is 11.9. The quantitative estimate of drug-likeness (QED) is 0.674. The summed E-state index contributed by atoms with van der Waals surface area (Å²) >= 11 is 0. The van der Waals surface area contributed by atoms with E-state index in [1.165, 1.54) is 0 Å². The highest BCUT2D eigenvalue weighted by Crippen LogP contribution is 2.11. The van der Waals surface area contributed by atoms with E-state index in [4.69, 9.17) is 10.5 Å². The van der Waals surface area contributed by atoms with Crippen LogP contribution in [0.1, 0.15) is 22.6 Å². The molecule has 110 valence electrons. The summed E-state index contributed by atoms with van der Waals surface area (Å²) in [7, 11) is 0. The third-order valence-electron chi connectivity index (χ3n) is 3.20. The molecule has 1 aliphatic rings. The number of morpholine rings is 1. The number of nitrogens with two attached hydrogens (primary N) is 1. The van der Waals surface area contributed by atoms with E-state index in [1.54, 1.807) is 11.8 Å². The van der Waals surface area contributed by atoms with Crippen molar-refractivity contribution in [3.8, 4) is 0 Å². The molecule has 1 saturated heterocycles. The Labute approximate surface area is 116 Å². The Morgan fingerprint density at radius 1 is 1.45 bits per heavy atom. The molecular weight excluding hydrogens is 262 g/mol. The monoisotopic (exact) mass is 281 g/mol. The number of nitrogens with one attached hydrogen (secondary N) is 2. The highest BCUT2D eigenvalue weighted by atomic mass is 16.5. The number of aryl methyl sites for hydroxylation is 1. The van der Waals surface area contributed by atoms with Crippen LogP contribution in [0.25, 0.3) is 0 Å². The van der Waals surface area contributed by atoms with E-state index in [9.17, 15) is 9.59 Å². The molecule has 0 unspecified atom stereocenters. The van der Waals surface area contributed by atoms with Gasteiger partial charge in [-0.1, -0.05) is 0 Å². The molecule has 0 bridgehead atoms. The van der Waals surface area contributed by atoms with Crippen molar-refractivity contribution in [3.05, 3.63) is 11.4 Å². The van der Waals surface area contributed by atoms with Gasteiger partial charge in [0, 0.05) is 26.1 Å². The van der Waals surface area contributed by atoms with Gasteiger partial charge in [0.05, 0.1) is 24.6 Å². The van der Waals surface area contributed by atoms with Crippen molar-refractivity contribution in [2.45, 2.75) is 13.3 Å². The number of nitrogens with zero attached hydrogens (tertiary/aromatic N) is 2. The van der Waals surface area contributed by atoms with E-state index < -0.39 is 0 Å². The van der Waals surface area contributed by atoms with Crippen molar-refractivity contribution >= 4 is 17.5 Å². The lowest BCUT2D eigenvalue weighted by atomic mass is 10.3. The Morgan fingerprint density at radius 3 is 2.75 bits per heavy atom. The van der Waals surface area contributed by atoms with Crippen molar-refractivity contribution in [3.63, 3.8) is 0 Å². The van der Waals surface area contributed by atoms with Crippen LogP contribution in [0.3, 0.4) is 0 Å². The molecule has 1 aromatic heterocycles. The first-order valence-electron chi connectivity index (χ1n) is 6.53. The summed E-state index contributed by atoms with van der Waals surface area (Å²) < 4.78 is 5.18. The lowest BCUT2D eigenvalue weighted by Gasteiger charge is -2.26. The fraction of sp³-hybridized carbons (Fsp3) is 0.583. The fourth-order valence-corrected chi connectivity index (χ4v) is 1.95. The number of aromatic amines is 1. The molecule has 0 spiro atoms. The van der Waals surface area contributed by atoms with Gasteiger partial charge < -0.3 is 20.7 Å². The summed E-state index contributed by atoms with van der Waals surface area (Å²) in [6, 6.07) is 0. The molecule has 8 heteroatoms. The third kappa shape index (κ3) is 3.27. The van der Waals surface area contributed by atoms with Crippen LogP contribution in [0.4, 0.5) is 5.69 Å². The average molecular weight is 281 g/mol. The van der Waals surface area contributed by atoms with Gasteiger partial charge >= 0.3 is 0 Å². The zero-order valence-electron chi connectivity index (χ0n) is 11.4. The number of H-pyrrole nitrogens is 1. The molecule has 2 amide bonds. The van der Waals surface area contributed by atoms with Gasteiger partial charge in [-0.15, -0.1) is 0 Å². The van der Waals surface area contributed by atoms with Gasteiger partial charge in [-0.3, -0.25) is 14.7 Å². The standard InChI is InChI=1S/C12H19N5O3/c1-8-10(13)11(16-15-8)12(19)14-3-2-9(18)17-4-6-20-7-5-17/h2-7,13H2,1H3,(H,14,19)(H,15,16). The number of hydrogen-bond donors (Lipinski definition) is 3. The SMILES string of the molecule is Cc1[nH]nc(C(=O)NCCC(=O)N2CCOCC2)c1N. The lowest BCUT2D eigenvalue weighted by molar-refractivity contribution is -0.135. The Balaban J connectivity index is 1.76. The van der Waals surface area contributed by atoms with E-state index in [0.29, 0.717) is 37.7 Å². The summed E-state index contributed by atoms with van der Waals surface area (Å²) in [5.74, 6) is -0.360. The molecule has 1 aromatic rings. The number of amides is 2. The molecule has 0 radical (unpaired) electrons. The highest BCUT2D eigenvalue weighted by molar-refractivity contribution is 5.97. The van der Waals surface area contributed by atoms with E-state index in [2.05, 4.69) is 15.5 Å². The van der Waals surface area contributed by atoms with Crippen molar-refractivity contribution in [1.29, 1.82) is 0 Å². The Bertz CT molecular complexity index is 493. The van der Waals surface area contributed by atoms with Gasteiger partial charge in [-0.2, -0.15) is 5.10 Å². The Morgan fingerprint density at radius 2 is 2.15 bits per heavy atom. The molecule has 2 heterocycles. The number of aromatic nitrogens is 2. The lowest BCUT2D eigenvalue weighted by Crippen LogP contribution is -2.42. The second-order valence-electron chi connectivity index (χ2n) is 4.61. The molecule has 20 heavy (non-hydrogen) atoms. The van der Waals surface area contributed by atoms with Crippen LogP contribution in [0.5, 0.6) is 0 Å². The van der Waals surface area contributed by atoms with Crippen LogP contribution in [0, 0.1) is 6.92 Å². The van der Waals surface area contributed by atoms with E-state index in [0.717, 1.165) is 0 Å². The van der Waals surface area contributed by atoms with Crippen LogP contribution in [-0.4, -0.2) is 59.8 Å². The minimum atomic E-state index is -0.373. The van der Waals surface area contributed by atoms with Crippen LogP contribution >= 0.6 is 0 Å². The highest BCUT2D eigenvalue weighted by Gasteiger charge is 2.18. The molecule has 0 atom stereocenters. The predicted molar refractivity (Wildman–Crippen MR) is 72.1 cm³/mol. The first-order valence-corrected chi connectivity index (χ1v) is 6.53. The number of rotatable bonds is 4. The zero-order chi connectivity index (χ0) is 14.5. The first kappa shape index (κ1) is 14.3. The van der Waals surface area contributed by atoms with Gasteiger partial charge in [0.2, 0.25) is 5.91 Å². The van der Waals surface area contributed by atoms with Crippen LogP contribution in [0.2, 0.25) is 0 Å². The van der Waals surface area contributed by atoms with Crippen molar-refractivity contribution in [2.75, 3.05) is 38.6 Å². The minimum Gasteiger partial charge on any atom is -0.395 e. The van der Waals surface area contributed by atoms with Gasteiger partial charge in [-0.25, -0.2) is 0 Å². The average Bonchev–Trinajstić information content (AvgIpc) is 2.80. The maximum Gasteiger partial charge on any atom is 0.273 e. The Kier molecular flexibility index (Phi) is 4.57. The molecular formula is C12H19N5O3. The number of carbonyl (C=O) groups excluding carboxylic acids is 2.